The Morgan fingerprint density at radius 2 is 2.10 bits per heavy atom. The van der Waals surface area contributed by atoms with Crippen LogP contribution in [0.4, 0.5) is 0 Å². The van der Waals surface area contributed by atoms with Crippen molar-refractivity contribution in [1.82, 2.24) is 20.2 Å². The van der Waals surface area contributed by atoms with Crippen LogP contribution in [0.3, 0.4) is 0 Å². The number of carbonyl (C=O) groups is 1. The highest BCUT2D eigenvalue weighted by Gasteiger charge is 2.12. The van der Waals surface area contributed by atoms with Gasteiger partial charge in [-0.3, -0.25) is 0 Å². The minimum atomic E-state index is -0.361. The van der Waals surface area contributed by atoms with E-state index in [1.54, 1.807) is 35.2 Å². The summed E-state index contributed by atoms with van der Waals surface area (Å²) in [4.78, 5) is 11.4. The molecule has 3 aromatic rings. The number of nitrogens with zero attached hydrogens (tertiary/aromatic N) is 4. The predicted octanol–water partition coefficient (Wildman–Crippen LogP) is 1.77. The van der Waals surface area contributed by atoms with Crippen molar-refractivity contribution < 1.29 is 13.9 Å². The van der Waals surface area contributed by atoms with Crippen LogP contribution in [-0.2, 0) is 11.3 Å². The van der Waals surface area contributed by atoms with Crippen molar-refractivity contribution in [3.8, 4) is 11.6 Å². The number of hydrogen-bond acceptors (Lipinski definition) is 6. The van der Waals surface area contributed by atoms with Gasteiger partial charge in [0.1, 0.15) is 0 Å². The Morgan fingerprint density at radius 3 is 2.76 bits per heavy atom. The lowest BCUT2D eigenvalue weighted by Gasteiger charge is -2.04. The number of esters is 1. The number of tetrazole rings is 1. The number of methoxy groups -OCH3 is 1. The molecular weight excluding hydrogens is 272 g/mol. The van der Waals surface area contributed by atoms with Crippen molar-refractivity contribution in [3.05, 3.63) is 53.8 Å². The number of furan rings is 1. The van der Waals surface area contributed by atoms with Crippen LogP contribution in [0.2, 0.25) is 0 Å². The van der Waals surface area contributed by atoms with Crippen molar-refractivity contribution in [2.45, 2.75) is 6.54 Å². The molecule has 21 heavy (non-hydrogen) atoms. The first-order valence-corrected chi connectivity index (χ1v) is 6.25. The van der Waals surface area contributed by atoms with Gasteiger partial charge in [0.25, 0.3) is 0 Å². The zero-order chi connectivity index (χ0) is 14.7. The summed E-state index contributed by atoms with van der Waals surface area (Å²) in [5.74, 6) is 0.795. The zero-order valence-corrected chi connectivity index (χ0v) is 11.3. The lowest BCUT2D eigenvalue weighted by atomic mass is 10.1. The average Bonchev–Trinajstić information content (AvgIpc) is 3.18. The number of hydrogen-bond donors (Lipinski definition) is 0. The summed E-state index contributed by atoms with van der Waals surface area (Å²) in [5.41, 5.74) is 1.46. The number of carbonyl (C=O) groups excluding carboxylic acids is 1. The van der Waals surface area contributed by atoms with E-state index in [1.807, 2.05) is 12.1 Å². The Hall–Kier alpha value is -2.96. The smallest absolute Gasteiger partial charge is 0.337 e. The summed E-state index contributed by atoms with van der Waals surface area (Å²) >= 11 is 0. The maximum absolute atomic E-state index is 11.4. The van der Waals surface area contributed by atoms with Gasteiger partial charge in [-0.15, -0.1) is 5.10 Å². The van der Waals surface area contributed by atoms with Gasteiger partial charge in [-0.05, 0) is 40.3 Å². The third kappa shape index (κ3) is 2.66. The van der Waals surface area contributed by atoms with Gasteiger partial charge in [0.2, 0.25) is 5.82 Å². The lowest BCUT2D eigenvalue weighted by molar-refractivity contribution is 0.0600. The van der Waals surface area contributed by atoms with Gasteiger partial charge in [-0.2, -0.15) is 0 Å². The molecule has 0 N–H and O–H groups in total. The van der Waals surface area contributed by atoms with Crippen molar-refractivity contribution in [2.24, 2.45) is 0 Å². The highest BCUT2D eigenvalue weighted by molar-refractivity contribution is 5.89. The number of rotatable bonds is 4. The molecule has 0 bridgehead atoms. The van der Waals surface area contributed by atoms with E-state index in [1.165, 1.54) is 7.11 Å². The molecule has 0 radical (unpaired) electrons. The second-order valence-corrected chi connectivity index (χ2v) is 4.33. The Labute approximate surface area is 120 Å². The topological polar surface area (TPSA) is 83.0 Å². The molecule has 3 rings (SSSR count). The minimum Gasteiger partial charge on any atom is -0.465 e. The van der Waals surface area contributed by atoms with Gasteiger partial charge in [0, 0.05) is 0 Å². The first kappa shape index (κ1) is 13.0. The quantitative estimate of drug-likeness (QED) is 0.679. The van der Waals surface area contributed by atoms with E-state index in [-0.39, 0.29) is 5.97 Å². The second kappa shape index (κ2) is 5.58. The third-order valence-electron chi connectivity index (χ3n) is 2.98. The van der Waals surface area contributed by atoms with Crippen molar-refractivity contribution >= 4 is 5.97 Å². The van der Waals surface area contributed by atoms with E-state index in [2.05, 4.69) is 20.3 Å². The summed E-state index contributed by atoms with van der Waals surface area (Å²) in [6, 6.07) is 10.7. The van der Waals surface area contributed by atoms with E-state index in [9.17, 15) is 4.79 Å². The van der Waals surface area contributed by atoms with Crippen LogP contribution in [-0.4, -0.2) is 33.3 Å². The molecule has 0 amide bonds. The van der Waals surface area contributed by atoms with E-state index in [0.717, 1.165) is 5.56 Å². The molecule has 0 spiro atoms. The van der Waals surface area contributed by atoms with Gasteiger partial charge in [0.15, 0.2) is 5.76 Å². The van der Waals surface area contributed by atoms with E-state index in [0.29, 0.717) is 23.7 Å². The second-order valence-electron chi connectivity index (χ2n) is 4.33. The van der Waals surface area contributed by atoms with Crippen molar-refractivity contribution in [1.29, 1.82) is 0 Å². The number of benzene rings is 1. The fourth-order valence-electron chi connectivity index (χ4n) is 1.93. The van der Waals surface area contributed by atoms with Gasteiger partial charge in [0.05, 0.1) is 25.5 Å². The van der Waals surface area contributed by atoms with Gasteiger partial charge >= 0.3 is 5.97 Å². The molecule has 7 heteroatoms. The van der Waals surface area contributed by atoms with Crippen LogP contribution in [0.15, 0.2) is 47.1 Å². The Morgan fingerprint density at radius 1 is 1.29 bits per heavy atom. The molecular formula is C14H12N4O3. The van der Waals surface area contributed by atoms with Crippen LogP contribution in [0, 0.1) is 0 Å². The summed E-state index contributed by atoms with van der Waals surface area (Å²) in [5, 5.41) is 11.6. The normalized spacial score (nSPS) is 10.5. The maximum Gasteiger partial charge on any atom is 0.337 e. The molecule has 0 unspecified atom stereocenters. The molecule has 106 valence electrons. The van der Waals surface area contributed by atoms with E-state index in [4.69, 9.17) is 4.42 Å². The molecule has 1 aromatic carbocycles. The molecule has 7 nitrogen and oxygen atoms in total. The molecule has 0 saturated heterocycles. The Bertz CT molecular complexity index is 732. The highest BCUT2D eigenvalue weighted by Crippen LogP contribution is 2.17. The van der Waals surface area contributed by atoms with Crippen molar-refractivity contribution in [3.63, 3.8) is 0 Å². The molecule has 0 fully saturated rings. The average molecular weight is 284 g/mol. The van der Waals surface area contributed by atoms with Crippen LogP contribution >= 0.6 is 0 Å². The molecule has 2 aromatic heterocycles. The summed E-state index contributed by atoms with van der Waals surface area (Å²) < 4.78 is 11.6. The molecule has 0 aliphatic heterocycles. The molecule has 0 aliphatic carbocycles. The van der Waals surface area contributed by atoms with Crippen molar-refractivity contribution in [2.75, 3.05) is 7.11 Å². The van der Waals surface area contributed by atoms with Gasteiger partial charge < -0.3 is 9.15 Å². The summed E-state index contributed by atoms with van der Waals surface area (Å²) in [6.45, 7) is 0.477. The van der Waals surface area contributed by atoms with Crippen LogP contribution in [0.25, 0.3) is 11.6 Å². The SMILES string of the molecule is COC(=O)c1ccc(Cn2nnnc2-c2ccco2)cc1. The number of aromatic nitrogens is 4. The van der Waals surface area contributed by atoms with Gasteiger partial charge in [-0.1, -0.05) is 12.1 Å². The van der Waals surface area contributed by atoms with Gasteiger partial charge in [-0.25, -0.2) is 9.48 Å². The zero-order valence-electron chi connectivity index (χ0n) is 11.3. The Kier molecular flexibility index (Phi) is 3.46. The fraction of sp³-hybridized carbons (Fsp3) is 0.143. The van der Waals surface area contributed by atoms with E-state index >= 15 is 0 Å². The lowest BCUT2D eigenvalue weighted by Crippen LogP contribution is -2.05. The summed E-state index contributed by atoms with van der Waals surface area (Å²) in [7, 11) is 1.35. The predicted molar refractivity (Wildman–Crippen MR) is 72.4 cm³/mol. The molecule has 2 heterocycles. The summed E-state index contributed by atoms with van der Waals surface area (Å²) in [6.07, 6.45) is 1.57. The maximum atomic E-state index is 11.4. The monoisotopic (exact) mass is 284 g/mol. The van der Waals surface area contributed by atoms with Crippen LogP contribution in [0.1, 0.15) is 15.9 Å². The van der Waals surface area contributed by atoms with E-state index < -0.39 is 0 Å². The molecule has 0 atom stereocenters. The highest BCUT2D eigenvalue weighted by atomic mass is 16.5. The first-order valence-electron chi connectivity index (χ1n) is 6.25. The Balaban J connectivity index is 1.82. The minimum absolute atomic E-state index is 0.361. The fourth-order valence-corrected chi connectivity index (χ4v) is 1.93. The molecule has 0 saturated carbocycles. The number of ether oxygens (including phenoxy) is 1. The third-order valence-corrected chi connectivity index (χ3v) is 2.98. The first-order chi connectivity index (χ1) is 10.3. The van der Waals surface area contributed by atoms with Crippen LogP contribution in [0.5, 0.6) is 0 Å². The standard InChI is InChI=1S/C14H12N4O3/c1-20-14(19)11-6-4-10(5-7-11)9-18-13(15-16-17-18)12-3-2-8-21-12/h2-8H,9H2,1H3. The molecule has 0 aliphatic rings. The van der Waals surface area contributed by atoms with Crippen LogP contribution < -0.4 is 0 Å². The largest absolute Gasteiger partial charge is 0.465 e.